The van der Waals surface area contributed by atoms with Crippen LogP contribution in [-0.4, -0.2) is 37.7 Å². The first-order valence-corrected chi connectivity index (χ1v) is 8.63. The molecule has 1 aliphatic heterocycles. The highest BCUT2D eigenvalue weighted by molar-refractivity contribution is 5.62. The van der Waals surface area contributed by atoms with Gasteiger partial charge in [0, 0.05) is 31.9 Å². The Kier molecular flexibility index (Phi) is 5.37. The van der Waals surface area contributed by atoms with Crippen LogP contribution in [0.3, 0.4) is 0 Å². The maximum absolute atomic E-state index is 9.27. The summed E-state index contributed by atoms with van der Waals surface area (Å²) in [5.74, 6) is 0. The molecule has 128 valence electrons. The Morgan fingerprint density at radius 1 is 1.12 bits per heavy atom. The van der Waals surface area contributed by atoms with Crippen molar-refractivity contribution < 1.29 is 0 Å². The van der Waals surface area contributed by atoms with E-state index in [1.54, 1.807) is 0 Å². The van der Waals surface area contributed by atoms with Crippen molar-refractivity contribution in [3.63, 3.8) is 0 Å². The lowest BCUT2D eigenvalue weighted by atomic mass is 10.1. The summed E-state index contributed by atoms with van der Waals surface area (Å²) in [6.07, 6.45) is 0. The lowest BCUT2D eigenvalue weighted by Crippen LogP contribution is -2.49. The van der Waals surface area contributed by atoms with Crippen LogP contribution in [0.1, 0.15) is 16.7 Å². The molecule has 0 aliphatic carbocycles. The molecule has 1 saturated heterocycles. The van der Waals surface area contributed by atoms with Crippen LogP contribution in [0.15, 0.2) is 55.1 Å². The van der Waals surface area contributed by atoms with E-state index in [1.807, 2.05) is 24.3 Å². The van der Waals surface area contributed by atoms with Crippen LogP contribution in [0, 0.1) is 18.3 Å². The van der Waals surface area contributed by atoms with E-state index in [2.05, 4.69) is 59.0 Å². The van der Waals surface area contributed by atoms with E-state index in [0.29, 0.717) is 0 Å². The van der Waals surface area contributed by atoms with Gasteiger partial charge in [0.2, 0.25) is 0 Å². The van der Waals surface area contributed by atoms with Crippen LogP contribution >= 0.6 is 0 Å². The Bertz CT molecular complexity index is 782. The van der Waals surface area contributed by atoms with Crippen LogP contribution in [0.5, 0.6) is 0 Å². The topological polar surface area (TPSA) is 42.3 Å². The maximum Gasteiger partial charge on any atom is 0.101 e. The molecule has 0 saturated carbocycles. The average Bonchev–Trinajstić information content (AvgIpc) is 2.66. The number of rotatable bonds is 5. The molecule has 1 aliphatic rings. The smallest absolute Gasteiger partial charge is 0.101 e. The quantitative estimate of drug-likeness (QED) is 0.913. The minimum atomic E-state index is 0.752. The Balaban J connectivity index is 1.51. The molecule has 25 heavy (non-hydrogen) atoms. The van der Waals surface area contributed by atoms with Crippen molar-refractivity contribution >= 4 is 11.4 Å². The first-order valence-electron chi connectivity index (χ1n) is 8.63. The number of para-hydroxylation sites is 1. The first-order chi connectivity index (χ1) is 12.2. The van der Waals surface area contributed by atoms with Gasteiger partial charge < -0.3 is 10.2 Å². The molecule has 0 bridgehead atoms. The Labute approximate surface area is 150 Å². The second-order valence-electron chi connectivity index (χ2n) is 6.42. The van der Waals surface area contributed by atoms with Gasteiger partial charge in [-0.3, -0.25) is 4.90 Å². The zero-order chi connectivity index (χ0) is 17.6. The zero-order valence-corrected chi connectivity index (χ0v) is 14.7. The molecule has 4 heteroatoms. The second-order valence-corrected chi connectivity index (χ2v) is 6.42. The molecule has 0 amide bonds. The summed E-state index contributed by atoms with van der Waals surface area (Å²) in [4.78, 5) is 4.68. The van der Waals surface area contributed by atoms with Gasteiger partial charge in [0.25, 0.3) is 0 Å². The van der Waals surface area contributed by atoms with Crippen molar-refractivity contribution in [2.45, 2.75) is 6.92 Å². The van der Waals surface area contributed by atoms with Gasteiger partial charge in [-0.2, -0.15) is 5.26 Å². The summed E-state index contributed by atoms with van der Waals surface area (Å²) in [5, 5.41) is 12.7. The fraction of sp³-hybridized carbons (Fsp3) is 0.286. The summed E-state index contributed by atoms with van der Waals surface area (Å²) in [5.41, 5.74) is 5.14. The molecule has 0 unspecified atom stereocenters. The number of hydrogen-bond donors (Lipinski definition) is 1. The molecule has 0 spiro atoms. The third kappa shape index (κ3) is 4.20. The molecule has 2 aromatic carbocycles. The van der Waals surface area contributed by atoms with Crippen LogP contribution in [-0.2, 0) is 0 Å². The summed E-state index contributed by atoms with van der Waals surface area (Å²) in [7, 11) is 0. The normalized spacial score (nSPS) is 14.8. The van der Waals surface area contributed by atoms with Gasteiger partial charge in [-0.05, 0) is 30.7 Å². The standard InChI is InChI=1S/C21H24N4/c1-17-6-5-8-19(14-17)18(2)23-16-24-10-12-25(13-11-24)21-9-4-3-7-20(21)15-22/h3-9,14,23H,2,10-13,16H2,1H3. The van der Waals surface area contributed by atoms with Gasteiger partial charge in [0.15, 0.2) is 0 Å². The number of benzene rings is 2. The molecule has 2 aromatic rings. The third-order valence-corrected chi connectivity index (χ3v) is 4.62. The largest absolute Gasteiger partial charge is 0.372 e. The number of nitrogens with zero attached hydrogens (tertiary/aromatic N) is 3. The van der Waals surface area contributed by atoms with Crippen molar-refractivity contribution in [2.24, 2.45) is 0 Å². The predicted molar refractivity (Wildman–Crippen MR) is 103 cm³/mol. The Morgan fingerprint density at radius 3 is 2.60 bits per heavy atom. The first kappa shape index (κ1) is 17.1. The number of anilines is 1. The lowest BCUT2D eigenvalue weighted by Gasteiger charge is -2.36. The van der Waals surface area contributed by atoms with Gasteiger partial charge in [0.05, 0.1) is 17.9 Å². The summed E-state index contributed by atoms with van der Waals surface area (Å²) < 4.78 is 0. The zero-order valence-electron chi connectivity index (χ0n) is 14.7. The summed E-state index contributed by atoms with van der Waals surface area (Å²) >= 11 is 0. The number of aryl methyl sites for hydroxylation is 1. The maximum atomic E-state index is 9.27. The van der Waals surface area contributed by atoms with E-state index in [9.17, 15) is 5.26 Å². The van der Waals surface area contributed by atoms with E-state index in [-0.39, 0.29) is 0 Å². The van der Waals surface area contributed by atoms with Gasteiger partial charge in [-0.25, -0.2) is 0 Å². The van der Waals surface area contributed by atoms with E-state index < -0.39 is 0 Å². The van der Waals surface area contributed by atoms with Crippen molar-refractivity contribution in [3.05, 3.63) is 71.8 Å². The van der Waals surface area contributed by atoms with Crippen molar-refractivity contribution in [1.82, 2.24) is 10.2 Å². The lowest BCUT2D eigenvalue weighted by molar-refractivity contribution is 0.251. The molecular weight excluding hydrogens is 308 g/mol. The SMILES string of the molecule is C=C(NCN1CCN(c2ccccc2C#N)CC1)c1cccc(C)c1. The van der Waals surface area contributed by atoms with E-state index in [1.165, 1.54) is 5.56 Å². The molecular formula is C21H24N4. The molecule has 1 N–H and O–H groups in total. The minimum absolute atomic E-state index is 0.752. The minimum Gasteiger partial charge on any atom is -0.372 e. The Morgan fingerprint density at radius 2 is 1.88 bits per heavy atom. The monoisotopic (exact) mass is 332 g/mol. The molecule has 4 nitrogen and oxygen atoms in total. The van der Waals surface area contributed by atoms with Gasteiger partial charge >= 0.3 is 0 Å². The number of nitriles is 1. The molecule has 0 atom stereocenters. The van der Waals surface area contributed by atoms with Crippen LogP contribution < -0.4 is 10.2 Å². The average molecular weight is 332 g/mol. The fourth-order valence-electron chi connectivity index (χ4n) is 3.13. The fourth-order valence-corrected chi connectivity index (χ4v) is 3.13. The predicted octanol–water partition coefficient (Wildman–Crippen LogP) is 3.21. The van der Waals surface area contributed by atoms with Crippen LogP contribution in [0.25, 0.3) is 5.70 Å². The van der Waals surface area contributed by atoms with Gasteiger partial charge in [-0.15, -0.1) is 0 Å². The Hall–Kier alpha value is -2.77. The van der Waals surface area contributed by atoms with Crippen molar-refractivity contribution in [2.75, 3.05) is 37.7 Å². The highest BCUT2D eigenvalue weighted by atomic mass is 15.3. The van der Waals surface area contributed by atoms with E-state index >= 15 is 0 Å². The molecule has 0 aromatic heterocycles. The van der Waals surface area contributed by atoms with Crippen molar-refractivity contribution in [3.8, 4) is 6.07 Å². The molecule has 1 heterocycles. The molecule has 1 fully saturated rings. The third-order valence-electron chi connectivity index (χ3n) is 4.62. The highest BCUT2D eigenvalue weighted by Gasteiger charge is 2.18. The number of piperazine rings is 1. The summed E-state index contributed by atoms with van der Waals surface area (Å²) in [6, 6.07) is 18.5. The summed E-state index contributed by atoms with van der Waals surface area (Å²) in [6.45, 7) is 10.8. The second kappa shape index (κ2) is 7.87. The number of nitrogens with one attached hydrogen (secondary N) is 1. The van der Waals surface area contributed by atoms with Gasteiger partial charge in [-0.1, -0.05) is 42.5 Å². The van der Waals surface area contributed by atoms with E-state index in [4.69, 9.17) is 0 Å². The van der Waals surface area contributed by atoms with E-state index in [0.717, 1.165) is 55.4 Å². The van der Waals surface area contributed by atoms with Crippen LogP contribution in [0.2, 0.25) is 0 Å². The van der Waals surface area contributed by atoms with Crippen molar-refractivity contribution in [1.29, 1.82) is 5.26 Å². The molecule has 0 radical (unpaired) electrons. The van der Waals surface area contributed by atoms with Gasteiger partial charge in [0.1, 0.15) is 6.07 Å². The molecule has 3 rings (SSSR count). The number of hydrogen-bond acceptors (Lipinski definition) is 4. The van der Waals surface area contributed by atoms with Crippen LogP contribution in [0.4, 0.5) is 5.69 Å². The highest BCUT2D eigenvalue weighted by Crippen LogP contribution is 2.21.